The van der Waals surface area contributed by atoms with Crippen LogP contribution in [-0.2, 0) is 38.1 Å². The minimum Gasteiger partial charge on any atom is -0.457 e. The van der Waals surface area contributed by atoms with Gasteiger partial charge in [-0.05, 0) is 86.0 Å². The van der Waals surface area contributed by atoms with Crippen molar-refractivity contribution in [2.24, 2.45) is 17.8 Å². The number of methoxy groups -OCH3 is 1. The van der Waals surface area contributed by atoms with Crippen molar-refractivity contribution in [3.63, 3.8) is 0 Å². The number of cyclic esters (lactones) is 1. The number of ether oxygens (including phenoxy) is 5. The molecule has 2 aromatic rings. The lowest BCUT2D eigenvalue weighted by Gasteiger charge is -2.46. The number of aliphatic hydroxyl groups is 1. The number of carbonyl (C=O) groups excluding carboxylic acids is 4. The number of fused-ring (bicyclic) bond motifs is 1. The number of esters is 1. The Labute approximate surface area is 333 Å². The van der Waals surface area contributed by atoms with E-state index in [0.29, 0.717) is 24.2 Å². The molecule has 17 heteroatoms. The van der Waals surface area contributed by atoms with Gasteiger partial charge in [-0.2, -0.15) is 5.10 Å². The normalized spacial score (nSPS) is 34.8. The number of thioether (sulfide) groups is 1. The summed E-state index contributed by atoms with van der Waals surface area (Å²) in [6.45, 7) is 13.7. The fourth-order valence-electron chi connectivity index (χ4n) is 7.72. The Kier molecular flexibility index (Phi) is 15.6. The van der Waals surface area contributed by atoms with Crippen molar-refractivity contribution < 1.29 is 48.0 Å². The molecule has 0 aliphatic carbocycles. The summed E-state index contributed by atoms with van der Waals surface area (Å²) in [6, 6.07) is -0.280. The number of aliphatic hydroxyl groups excluding tert-OH is 1. The van der Waals surface area contributed by atoms with E-state index in [1.54, 1.807) is 47.7 Å². The highest BCUT2D eigenvalue weighted by Crippen LogP contribution is 2.38. The smallest absolute Gasteiger partial charge is 0.408 e. The summed E-state index contributed by atoms with van der Waals surface area (Å²) in [6.07, 6.45) is 0.808. The van der Waals surface area contributed by atoms with Crippen LogP contribution in [0.25, 0.3) is 11.0 Å². The molecule has 0 saturated carbocycles. The van der Waals surface area contributed by atoms with Gasteiger partial charge in [0.25, 0.3) is 0 Å². The number of nitrogens with zero attached hydrogens (tertiary/aromatic N) is 4. The first kappa shape index (κ1) is 45.2. The van der Waals surface area contributed by atoms with Gasteiger partial charge >= 0.3 is 12.1 Å². The number of H-pyrrole nitrogens is 1. The maximum Gasteiger partial charge on any atom is 0.408 e. The number of alkyl carbamates (subject to hydrolysis) is 1. The van der Waals surface area contributed by atoms with Gasteiger partial charge in [-0.15, -0.1) is 11.8 Å². The van der Waals surface area contributed by atoms with Gasteiger partial charge in [0.2, 0.25) is 0 Å². The largest absolute Gasteiger partial charge is 0.457 e. The SMILES string of the molecule is CC[C@H]1OC(=O)[C@H](C)C(=O)[C@H](C)[C@@H](O[C@@H]2O[C@H](C)C[C@H](N(C)C)[C@H]2O)[C@@](C)(OC)C[C@@H](C)C(=O)/C(C)=C/[C@]1(C)OC(=O)NCCCSc1ncnc2[nH]ncc12. The van der Waals surface area contributed by atoms with Crippen LogP contribution in [0.3, 0.4) is 0 Å². The molecule has 0 bridgehead atoms. The second-order valence-electron chi connectivity index (χ2n) is 15.7. The van der Waals surface area contributed by atoms with E-state index >= 15 is 0 Å². The zero-order valence-corrected chi connectivity index (χ0v) is 35.3. The molecule has 0 spiro atoms. The van der Waals surface area contributed by atoms with Crippen LogP contribution in [0.2, 0.25) is 0 Å². The van der Waals surface area contributed by atoms with Crippen molar-refractivity contribution in [3.8, 4) is 0 Å². The van der Waals surface area contributed by atoms with E-state index in [1.807, 2.05) is 25.9 Å². The van der Waals surface area contributed by atoms with Crippen molar-refractivity contribution in [3.05, 3.63) is 24.2 Å². The lowest BCUT2D eigenvalue weighted by atomic mass is 9.77. The van der Waals surface area contributed by atoms with Gasteiger partial charge in [-0.25, -0.2) is 14.8 Å². The highest BCUT2D eigenvalue weighted by atomic mass is 32.2. The number of rotatable bonds is 11. The lowest BCUT2D eigenvalue weighted by molar-refractivity contribution is -0.295. The van der Waals surface area contributed by atoms with Crippen LogP contribution < -0.4 is 5.32 Å². The summed E-state index contributed by atoms with van der Waals surface area (Å²) in [7, 11) is 5.20. The van der Waals surface area contributed by atoms with Crippen LogP contribution in [0, 0.1) is 17.8 Å². The first-order valence-electron chi connectivity index (χ1n) is 19.3. The lowest BCUT2D eigenvalue weighted by Crippen LogP contribution is -2.59. The molecular formula is C39H60N6O10S. The van der Waals surface area contributed by atoms with Gasteiger partial charge < -0.3 is 39.0 Å². The second-order valence-corrected chi connectivity index (χ2v) is 16.8. The molecule has 3 N–H and O–H groups in total. The standard InChI is InChI=1S/C39H60N6O10S/c1-12-28-38(7,55-37(50)40-14-13-15-56-34-26-19-43-44-33(26)41-20-42-34)17-21(2)29(46)22(3)18-39(8,51-11)32(24(5)30(47)25(6)35(49)53-28)54-36-31(48)27(45(9)10)16-23(4)52-36/h17,19-20,22-25,27-28,31-32,36,48H,12-16,18H2,1-11H3,(H,40,50)(H,41,42,43,44)/b21-17+/t22-,23-,24+,25-,27+,28-,31-,32-,36+,38+,39+/m1/s1. The molecule has 11 atom stereocenters. The molecule has 2 aliphatic heterocycles. The van der Waals surface area contributed by atoms with Crippen LogP contribution >= 0.6 is 11.8 Å². The van der Waals surface area contributed by atoms with E-state index < -0.39 is 71.4 Å². The zero-order valence-electron chi connectivity index (χ0n) is 34.5. The van der Waals surface area contributed by atoms with Gasteiger partial charge in [0.05, 0.1) is 29.4 Å². The Morgan fingerprint density at radius 2 is 1.88 bits per heavy atom. The first-order chi connectivity index (χ1) is 26.3. The third-order valence-electron chi connectivity index (χ3n) is 11.0. The summed E-state index contributed by atoms with van der Waals surface area (Å²) in [5.74, 6) is -3.83. The quantitative estimate of drug-likeness (QED) is 0.0955. The number of aromatic nitrogens is 4. The maximum atomic E-state index is 14.2. The minimum absolute atomic E-state index is 0.110. The van der Waals surface area contributed by atoms with Gasteiger partial charge in [0.1, 0.15) is 29.5 Å². The van der Waals surface area contributed by atoms with Gasteiger partial charge in [0.15, 0.2) is 29.1 Å². The number of likely N-dealkylation sites (N-methyl/N-ethyl adjacent to an activating group) is 1. The van der Waals surface area contributed by atoms with Crippen LogP contribution in [-0.4, -0.2) is 135 Å². The topological polar surface area (TPSA) is 204 Å². The van der Waals surface area contributed by atoms with Crippen molar-refractivity contribution >= 4 is 46.4 Å². The maximum absolute atomic E-state index is 14.2. The van der Waals surface area contributed by atoms with Gasteiger partial charge in [-0.1, -0.05) is 20.8 Å². The number of hydrogen-bond donors (Lipinski definition) is 3. The zero-order chi connectivity index (χ0) is 41.5. The third kappa shape index (κ3) is 10.5. The molecule has 0 unspecified atom stereocenters. The summed E-state index contributed by atoms with van der Waals surface area (Å²) in [4.78, 5) is 65.8. The van der Waals surface area contributed by atoms with Crippen molar-refractivity contribution in [1.82, 2.24) is 30.4 Å². The molecule has 2 aromatic heterocycles. The van der Waals surface area contributed by atoms with E-state index in [9.17, 15) is 24.3 Å². The van der Waals surface area contributed by atoms with Crippen LogP contribution in [0.5, 0.6) is 0 Å². The summed E-state index contributed by atoms with van der Waals surface area (Å²) < 4.78 is 30.7. The number of allylic oxidation sites excluding steroid dienone is 1. The molecule has 312 valence electrons. The van der Waals surface area contributed by atoms with Crippen LogP contribution in [0.4, 0.5) is 4.79 Å². The number of carbonyl (C=O) groups is 4. The molecule has 1 amide bonds. The van der Waals surface area contributed by atoms with Crippen LogP contribution in [0.15, 0.2) is 29.2 Å². The number of aromatic amines is 1. The molecule has 1 fully saturated rings. The van der Waals surface area contributed by atoms with Gasteiger partial charge in [0, 0.05) is 37.3 Å². The van der Waals surface area contributed by atoms with Crippen LogP contribution in [0.1, 0.15) is 81.1 Å². The second kappa shape index (κ2) is 19.3. The Hall–Kier alpha value is -3.48. The van der Waals surface area contributed by atoms with Gasteiger partial charge in [-0.3, -0.25) is 19.5 Å². The molecule has 2 aliphatic rings. The molecule has 1 saturated heterocycles. The monoisotopic (exact) mass is 804 g/mol. The highest BCUT2D eigenvalue weighted by Gasteiger charge is 2.50. The predicted molar refractivity (Wildman–Crippen MR) is 209 cm³/mol. The van der Waals surface area contributed by atoms with Crippen molar-refractivity contribution in [1.29, 1.82) is 0 Å². The van der Waals surface area contributed by atoms with E-state index in [4.69, 9.17) is 23.7 Å². The fourth-order valence-corrected chi connectivity index (χ4v) is 8.63. The predicted octanol–water partition coefficient (Wildman–Crippen LogP) is 4.25. The highest BCUT2D eigenvalue weighted by molar-refractivity contribution is 7.99. The minimum atomic E-state index is -1.58. The molecule has 16 nitrogen and oxygen atoms in total. The summed E-state index contributed by atoms with van der Waals surface area (Å²) in [5.41, 5.74) is -1.93. The number of hydrogen-bond acceptors (Lipinski definition) is 15. The van der Waals surface area contributed by atoms with E-state index in [1.165, 1.54) is 38.2 Å². The molecule has 4 heterocycles. The van der Waals surface area contributed by atoms with E-state index in [2.05, 4.69) is 25.5 Å². The average Bonchev–Trinajstić information content (AvgIpc) is 3.64. The molecule has 4 rings (SSSR count). The Morgan fingerprint density at radius 3 is 2.54 bits per heavy atom. The number of nitrogens with one attached hydrogen (secondary N) is 2. The average molecular weight is 805 g/mol. The fraction of sp³-hybridized carbons (Fsp3) is 0.718. The Morgan fingerprint density at radius 1 is 1.16 bits per heavy atom. The number of ketones is 2. The molecule has 0 aromatic carbocycles. The Balaban J connectivity index is 1.57. The third-order valence-corrected chi connectivity index (χ3v) is 12.1. The first-order valence-corrected chi connectivity index (χ1v) is 20.3. The number of Topliss-reactive ketones (excluding diaryl/α,β-unsaturated/α-hetero) is 2. The van der Waals surface area contributed by atoms with E-state index in [0.717, 1.165) is 10.4 Å². The number of amides is 1. The van der Waals surface area contributed by atoms with E-state index in [-0.39, 0.29) is 42.9 Å². The molecule has 56 heavy (non-hydrogen) atoms. The summed E-state index contributed by atoms with van der Waals surface area (Å²) >= 11 is 1.50. The van der Waals surface area contributed by atoms with Crippen molar-refractivity contribution in [2.45, 2.75) is 134 Å². The summed E-state index contributed by atoms with van der Waals surface area (Å²) in [5, 5.41) is 22.5. The van der Waals surface area contributed by atoms with Crippen molar-refractivity contribution in [2.75, 3.05) is 33.5 Å². The Bertz CT molecular complexity index is 1720. The molecular weight excluding hydrogens is 745 g/mol. The molecule has 0 radical (unpaired) electrons.